The molecule has 0 amide bonds. The Morgan fingerprint density at radius 2 is 1.62 bits per heavy atom. The maximum atomic E-state index is 4.84. The first kappa shape index (κ1) is 13.5. The van der Waals surface area contributed by atoms with Crippen LogP contribution in [0.1, 0.15) is 16.0 Å². The lowest BCUT2D eigenvalue weighted by atomic mass is 10.0. The highest BCUT2D eigenvalue weighted by Gasteiger charge is 2.37. The number of aryl methyl sites for hydroxylation is 1. The van der Waals surface area contributed by atoms with Crippen LogP contribution in [-0.4, -0.2) is 0 Å². The minimum atomic E-state index is -0.520. The van der Waals surface area contributed by atoms with Crippen LogP contribution < -0.4 is 0 Å². The van der Waals surface area contributed by atoms with Gasteiger partial charge in [0.05, 0.1) is 0 Å². The van der Waals surface area contributed by atoms with Crippen LogP contribution in [0.5, 0.6) is 0 Å². The average Bonchev–Trinajstić information content (AvgIpc) is 3.01. The second-order valence-electron chi connectivity index (χ2n) is 5.39. The topological polar surface area (TPSA) is 0 Å². The Morgan fingerprint density at radius 1 is 0.857 bits per heavy atom. The number of fused-ring (bicyclic) bond motifs is 3. The molecule has 21 heavy (non-hydrogen) atoms. The van der Waals surface area contributed by atoms with E-state index in [1.807, 2.05) is 11.3 Å². The summed E-state index contributed by atoms with van der Waals surface area (Å²) in [5.41, 5.74) is 6.08. The van der Waals surface area contributed by atoms with Crippen molar-refractivity contribution in [3.8, 4) is 21.6 Å². The summed E-state index contributed by atoms with van der Waals surface area (Å²) in [6.07, 6.45) is 0. The minimum absolute atomic E-state index is 0.520. The summed E-state index contributed by atoms with van der Waals surface area (Å²) in [6, 6.07) is 19.4. The molecule has 3 heteroatoms. The van der Waals surface area contributed by atoms with Crippen LogP contribution >= 0.6 is 36.6 Å². The van der Waals surface area contributed by atoms with Gasteiger partial charge in [0, 0.05) is 9.75 Å². The van der Waals surface area contributed by atoms with E-state index in [-0.39, 0.29) is 0 Å². The van der Waals surface area contributed by atoms with Gasteiger partial charge < -0.3 is 0 Å². The Bertz CT molecular complexity index is 843. The van der Waals surface area contributed by atoms with Crippen molar-refractivity contribution in [3.63, 3.8) is 0 Å². The second-order valence-corrected chi connectivity index (χ2v) is 8.37. The number of thiol groups is 2. The fraction of sp³-hybridized carbons (Fsp3) is 0.111. The van der Waals surface area contributed by atoms with Gasteiger partial charge in [-0.3, -0.25) is 0 Å². The summed E-state index contributed by atoms with van der Waals surface area (Å²) in [4.78, 5) is 2.63. The van der Waals surface area contributed by atoms with Crippen molar-refractivity contribution in [3.05, 3.63) is 70.6 Å². The first-order valence-electron chi connectivity index (χ1n) is 6.83. The van der Waals surface area contributed by atoms with Gasteiger partial charge in [-0.15, -0.1) is 11.3 Å². The highest BCUT2D eigenvalue weighted by atomic mass is 32.2. The Balaban J connectivity index is 1.93. The molecule has 0 saturated carbocycles. The molecule has 0 atom stereocenters. The molecule has 0 spiro atoms. The quantitative estimate of drug-likeness (QED) is 0.412. The molecule has 2 aromatic carbocycles. The van der Waals surface area contributed by atoms with Gasteiger partial charge in [0.25, 0.3) is 0 Å². The zero-order chi connectivity index (χ0) is 14.6. The summed E-state index contributed by atoms with van der Waals surface area (Å²) in [6.45, 7) is 2.14. The molecule has 1 aliphatic rings. The van der Waals surface area contributed by atoms with E-state index in [1.54, 1.807) is 0 Å². The Labute approximate surface area is 139 Å². The molecule has 104 valence electrons. The summed E-state index contributed by atoms with van der Waals surface area (Å²) in [7, 11) is 0. The number of hydrogen-bond acceptors (Lipinski definition) is 3. The number of benzene rings is 2. The first-order chi connectivity index (χ1) is 10.1. The van der Waals surface area contributed by atoms with Crippen LogP contribution in [0, 0.1) is 6.92 Å². The molecule has 0 N–H and O–H groups in total. The van der Waals surface area contributed by atoms with Crippen LogP contribution in [0.15, 0.2) is 54.6 Å². The molecule has 0 saturated heterocycles. The standard InChI is InChI=1S/C18H14S3/c1-11-6-9-17(21-11)12-7-8-14-13-4-2-3-5-15(13)18(19,20)16(14)10-12/h2-10,19-20H,1H3. The van der Waals surface area contributed by atoms with E-state index in [2.05, 4.69) is 61.5 Å². The molecule has 0 bridgehead atoms. The van der Waals surface area contributed by atoms with Crippen LogP contribution in [-0.2, 0) is 4.08 Å². The molecule has 0 nitrogen and oxygen atoms in total. The van der Waals surface area contributed by atoms with E-state index in [0.29, 0.717) is 0 Å². The van der Waals surface area contributed by atoms with E-state index in [1.165, 1.54) is 37.6 Å². The summed E-state index contributed by atoms with van der Waals surface area (Å²) >= 11 is 11.5. The van der Waals surface area contributed by atoms with Crippen LogP contribution in [0.3, 0.4) is 0 Å². The van der Waals surface area contributed by atoms with Crippen molar-refractivity contribution in [1.29, 1.82) is 0 Å². The van der Waals surface area contributed by atoms with E-state index < -0.39 is 4.08 Å². The highest BCUT2D eigenvalue weighted by Crippen LogP contribution is 2.54. The lowest BCUT2D eigenvalue weighted by molar-refractivity contribution is 1.15. The lowest BCUT2D eigenvalue weighted by Crippen LogP contribution is -2.07. The Kier molecular flexibility index (Phi) is 3.00. The maximum Gasteiger partial charge on any atom is 0.107 e. The molecule has 1 aromatic heterocycles. The third-order valence-corrected chi connectivity index (χ3v) is 6.03. The predicted octanol–water partition coefficient (Wildman–Crippen LogP) is 5.76. The molecule has 1 aliphatic carbocycles. The van der Waals surface area contributed by atoms with Gasteiger partial charge >= 0.3 is 0 Å². The summed E-state index contributed by atoms with van der Waals surface area (Å²) in [5, 5.41) is 0. The zero-order valence-corrected chi connectivity index (χ0v) is 14.1. The fourth-order valence-corrected chi connectivity index (χ4v) is 4.60. The van der Waals surface area contributed by atoms with E-state index >= 15 is 0 Å². The van der Waals surface area contributed by atoms with Crippen molar-refractivity contribution < 1.29 is 0 Å². The van der Waals surface area contributed by atoms with Gasteiger partial charge in [-0.2, -0.15) is 25.3 Å². The molecule has 0 fully saturated rings. The lowest BCUT2D eigenvalue weighted by Gasteiger charge is -2.19. The van der Waals surface area contributed by atoms with E-state index in [0.717, 1.165) is 0 Å². The van der Waals surface area contributed by atoms with Crippen molar-refractivity contribution in [2.45, 2.75) is 11.0 Å². The van der Waals surface area contributed by atoms with E-state index in [4.69, 9.17) is 25.3 Å². The smallest absolute Gasteiger partial charge is 0.107 e. The summed E-state index contributed by atoms with van der Waals surface area (Å²) in [5.74, 6) is 0. The van der Waals surface area contributed by atoms with Gasteiger partial charge in [-0.05, 0) is 52.9 Å². The highest BCUT2D eigenvalue weighted by molar-refractivity contribution is 8.00. The first-order valence-corrected chi connectivity index (χ1v) is 8.54. The van der Waals surface area contributed by atoms with Crippen LogP contribution in [0.2, 0.25) is 0 Å². The van der Waals surface area contributed by atoms with Gasteiger partial charge in [-0.25, -0.2) is 0 Å². The van der Waals surface area contributed by atoms with Crippen molar-refractivity contribution in [1.82, 2.24) is 0 Å². The maximum absolute atomic E-state index is 4.84. The third-order valence-electron chi connectivity index (χ3n) is 4.01. The van der Waals surface area contributed by atoms with Gasteiger partial charge in [0.2, 0.25) is 0 Å². The molecule has 0 radical (unpaired) electrons. The molecular formula is C18H14S3. The number of thiophene rings is 1. The van der Waals surface area contributed by atoms with Gasteiger partial charge in [0.1, 0.15) is 4.08 Å². The molecule has 4 rings (SSSR count). The molecular weight excluding hydrogens is 312 g/mol. The number of hydrogen-bond donors (Lipinski definition) is 2. The Morgan fingerprint density at radius 3 is 2.38 bits per heavy atom. The van der Waals surface area contributed by atoms with Gasteiger partial charge in [-0.1, -0.05) is 36.4 Å². The molecule has 3 aromatic rings. The largest absolute Gasteiger partial charge is 0.152 e. The number of rotatable bonds is 1. The normalized spacial score (nSPS) is 14.8. The van der Waals surface area contributed by atoms with Crippen molar-refractivity contribution in [2.24, 2.45) is 0 Å². The second kappa shape index (κ2) is 4.67. The fourth-order valence-electron chi connectivity index (χ4n) is 2.98. The molecule has 1 heterocycles. The summed E-state index contributed by atoms with van der Waals surface area (Å²) < 4.78 is -0.520. The van der Waals surface area contributed by atoms with Crippen LogP contribution in [0.25, 0.3) is 21.6 Å². The van der Waals surface area contributed by atoms with Crippen molar-refractivity contribution in [2.75, 3.05) is 0 Å². The monoisotopic (exact) mass is 326 g/mol. The van der Waals surface area contributed by atoms with Crippen molar-refractivity contribution >= 4 is 36.6 Å². The van der Waals surface area contributed by atoms with Crippen LogP contribution in [0.4, 0.5) is 0 Å². The third kappa shape index (κ3) is 1.99. The Hall–Kier alpha value is -1.16. The SMILES string of the molecule is Cc1ccc(-c2ccc3c(c2)C(S)(S)c2ccccc2-3)s1. The van der Waals surface area contributed by atoms with E-state index in [9.17, 15) is 0 Å². The molecule has 0 aliphatic heterocycles. The van der Waals surface area contributed by atoms with Gasteiger partial charge in [0.15, 0.2) is 0 Å². The molecule has 0 unspecified atom stereocenters. The predicted molar refractivity (Wildman–Crippen MR) is 98.7 cm³/mol. The average molecular weight is 327 g/mol. The minimum Gasteiger partial charge on any atom is -0.152 e. The zero-order valence-electron chi connectivity index (χ0n) is 11.5.